The van der Waals surface area contributed by atoms with Crippen LogP contribution in [0.25, 0.3) is 0 Å². The van der Waals surface area contributed by atoms with Gasteiger partial charge in [-0.3, -0.25) is 4.90 Å². The number of hydrogen-bond acceptors (Lipinski definition) is 3. The molecule has 88 valence electrons. The second kappa shape index (κ2) is 6.18. The van der Waals surface area contributed by atoms with E-state index in [-0.39, 0.29) is 0 Å². The first-order chi connectivity index (χ1) is 7.34. The summed E-state index contributed by atoms with van der Waals surface area (Å²) in [5, 5.41) is 0. The van der Waals surface area contributed by atoms with E-state index in [1.807, 2.05) is 0 Å². The summed E-state index contributed by atoms with van der Waals surface area (Å²) >= 11 is 3.69. The third-order valence-corrected chi connectivity index (χ3v) is 4.27. The molecule has 2 rings (SSSR count). The van der Waals surface area contributed by atoms with Gasteiger partial charge in [0.25, 0.3) is 0 Å². The highest BCUT2D eigenvalue weighted by Gasteiger charge is 2.17. The van der Waals surface area contributed by atoms with E-state index < -0.39 is 0 Å². The molecule has 2 saturated heterocycles. The minimum atomic E-state index is 0.761. The molecule has 0 aliphatic carbocycles. The van der Waals surface area contributed by atoms with E-state index in [1.165, 1.54) is 39.0 Å². The van der Waals surface area contributed by atoms with Crippen LogP contribution in [0.1, 0.15) is 12.8 Å². The minimum absolute atomic E-state index is 0.761. The quantitative estimate of drug-likeness (QED) is 0.720. The normalized spacial score (nSPS) is 27.0. The molecule has 3 nitrogen and oxygen atoms in total. The van der Waals surface area contributed by atoms with Crippen molar-refractivity contribution in [3.8, 4) is 0 Å². The average Bonchev–Trinajstić information content (AvgIpc) is 2.30. The first kappa shape index (κ1) is 11.8. The van der Waals surface area contributed by atoms with Gasteiger partial charge in [-0.2, -0.15) is 0 Å². The third-order valence-electron chi connectivity index (χ3n) is 3.35. The number of alkyl halides is 1. The van der Waals surface area contributed by atoms with Crippen molar-refractivity contribution in [2.45, 2.75) is 17.7 Å². The molecule has 15 heavy (non-hydrogen) atoms. The molecule has 0 aromatic rings. The number of ether oxygens (including phenoxy) is 1. The van der Waals surface area contributed by atoms with E-state index >= 15 is 0 Å². The van der Waals surface area contributed by atoms with Gasteiger partial charge >= 0.3 is 0 Å². The van der Waals surface area contributed by atoms with Gasteiger partial charge in [0.1, 0.15) is 0 Å². The number of likely N-dealkylation sites (tertiary alicyclic amines) is 1. The van der Waals surface area contributed by atoms with Gasteiger partial charge in [0.2, 0.25) is 0 Å². The molecule has 0 radical (unpaired) electrons. The summed E-state index contributed by atoms with van der Waals surface area (Å²) in [5.41, 5.74) is 0. The highest BCUT2D eigenvalue weighted by molar-refractivity contribution is 9.09. The van der Waals surface area contributed by atoms with Crippen molar-refractivity contribution >= 4 is 15.9 Å². The van der Waals surface area contributed by atoms with Crippen LogP contribution in [0.3, 0.4) is 0 Å². The van der Waals surface area contributed by atoms with Crippen LogP contribution in [0.2, 0.25) is 0 Å². The molecule has 0 spiro atoms. The first-order valence-corrected chi connectivity index (χ1v) is 6.93. The molecule has 0 N–H and O–H groups in total. The molecule has 0 amide bonds. The molecule has 2 aliphatic rings. The Hall–Kier alpha value is 0.360. The van der Waals surface area contributed by atoms with Crippen LogP contribution in [-0.2, 0) is 4.74 Å². The highest BCUT2D eigenvalue weighted by atomic mass is 79.9. The number of halogens is 1. The largest absolute Gasteiger partial charge is 0.379 e. The van der Waals surface area contributed by atoms with Crippen molar-refractivity contribution in [3.63, 3.8) is 0 Å². The molecule has 0 aromatic carbocycles. The van der Waals surface area contributed by atoms with Crippen LogP contribution in [0.4, 0.5) is 0 Å². The van der Waals surface area contributed by atoms with E-state index in [0.29, 0.717) is 0 Å². The van der Waals surface area contributed by atoms with Gasteiger partial charge in [-0.25, -0.2) is 0 Å². The molecule has 0 bridgehead atoms. The Balaban J connectivity index is 1.60. The van der Waals surface area contributed by atoms with Gasteiger partial charge in [0.15, 0.2) is 0 Å². The maximum absolute atomic E-state index is 5.34. The van der Waals surface area contributed by atoms with Crippen LogP contribution in [0.5, 0.6) is 0 Å². The molecule has 2 aliphatic heterocycles. The fourth-order valence-corrected chi connectivity index (χ4v) is 2.64. The summed E-state index contributed by atoms with van der Waals surface area (Å²) in [7, 11) is 0. The van der Waals surface area contributed by atoms with Crippen molar-refractivity contribution in [1.29, 1.82) is 0 Å². The van der Waals surface area contributed by atoms with E-state index in [0.717, 1.165) is 31.1 Å². The smallest absolute Gasteiger partial charge is 0.0594 e. The van der Waals surface area contributed by atoms with Gasteiger partial charge in [-0.15, -0.1) is 0 Å². The summed E-state index contributed by atoms with van der Waals surface area (Å²) in [6.45, 7) is 9.06. The lowest BCUT2D eigenvalue weighted by atomic mass is 10.1. The van der Waals surface area contributed by atoms with Crippen LogP contribution in [-0.4, -0.2) is 67.1 Å². The Kier molecular flexibility index (Phi) is 4.88. The molecular weight excluding hydrogens is 256 g/mol. The summed E-state index contributed by atoms with van der Waals surface area (Å²) in [5.74, 6) is 0. The lowest BCUT2D eigenvalue weighted by molar-refractivity contribution is 0.0325. The standard InChI is InChI=1S/C11H21BrN2O/c12-11-1-3-13(4-2-11)5-6-14-7-9-15-10-8-14/h11H,1-10H2. The summed E-state index contributed by atoms with van der Waals surface area (Å²) in [6.07, 6.45) is 2.62. The maximum atomic E-state index is 5.34. The molecule has 0 atom stereocenters. The molecule has 2 heterocycles. The topological polar surface area (TPSA) is 15.7 Å². The Labute approximate surface area is 101 Å². The number of morpholine rings is 1. The Morgan fingerprint density at radius 3 is 2.07 bits per heavy atom. The van der Waals surface area contributed by atoms with E-state index in [9.17, 15) is 0 Å². The Bertz CT molecular complexity index is 177. The van der Waals surface area contributed by atoms with Crippen LogP contribution in [0, 0.1) is 0 Å². The number of nitrogens with zero attached hydrogens (tertiary/aromatic N) is 2. The zero-order valence-electron chi connectivity index (χ0n) is 9.33. The monoisotopic (exact) mass is 276 g/mol. The van der Waals surface area contributed by atoms with Gasteiger partial charge in [0.05, 0.1) is 13.2 Å². The molecule has 2 fully saturated rings. The third kappa shape index (κ3) is 4.02. The average molecular weight is 277 g/mol. The Morgan fingerprint density at radius 2 is 1.47 bits per heavy atom. The lowest BCUT2D eigenvalue weighted by Crippen LogP contribution is -2.43. The summed E-state index contributed by atoms with van der Waals surface area (Å²) in [4.78, 5) is 5.87. The number of rotatable bonds is 3. The predicted octanol–water partition coefficient (Wildman–Crippen LogP) is 1.18. The van der Waals surface area contributed by atoms with Gasteiger partial charge < -0.3 is 9.64 Å². The number of piperidine rings is 1. The van der Waals surface area contributed by atoms with E-state index in [4.69, 9.17) is 4.74 Å². The SMILES string of the molecule is BrC1CCN(CCN2CCOCC2)CC1. The van der Waals surface area contributed by atoms with Gasteiger partial charge in [0, 0.05) is 31.0 Å². The summed E-state index contributed by atoms with van der Waals surface area (Å²) < 4.78 is 5.34. The molecule has 4 heteroatoms. The predicted molar refractivity (Wildman–Crippen MR) is 65.6 cm³/mol. The van der Waals surface area contributed by atoms with Crippen LogP contribution in [0.15, 0.2) is 0 Å². The lowest BCUT2D eigenvalue weighted by Gasteiger charge is -2.33. The Morgan fingerprint density at radius 1 is 0.933 bits per heavy atom. The molecule has 0 unspecified atom stereocenters. The second-order valence-electron chi connectivity index (χ2n) is 4.47. The van der Waals surface area contributed by atoms with Crippen LogP contribution < -0.4 is 0 Å². The van der Waals surface area contributed by atoms with E-state index in [2.05, 4.69) is 25.7 Å². The van der Waals surface area contributed by atoms with Crippen molar-refractivity contribution in [3.05, 3.63) is 0 Å². The summed E-state index contributed by atoms with van der Waals surface area (Å²) in [6, 6.07) is 0. The maximum Gasteiger partial charge on any atom is 0.0594 e. The highest BCUT2D eigenvalue weighted by Crippen LogP contribution is 2.16. The zero-order chi connectivity index (χ0) is 10.5. The zero-order valence-corrected chi connectivity index (χ0v) is 10.9. The fourth-order valence-electron chi connectivity index (χ4n) is 2.23. The van der Waals surface area contributed by atoms with Crippen molar-refractivity contribution in [2.75, 3.05) is 52.5 Å². The van der Waals surface area contributed by atoms with Crippen molar-refractivity contribution in [1.82, 2.24) is 9.80 Å². The number of hydrogen-bond donors (Lipinski definition) is 0. The van der Waals surface area contributed by atoms with Crippen molar-refractivity contribution < 1.29 is 4.74 Å². The van der Waals surface area contributed by atoms with Crippen molar-refractivity contribution in [2.24, 2.45) is 0 Å². The minimum Gasteiger partial charge on any atom is -0.379 e. The van der Waals surface area contributed by atoms with Crippen LogP contribution >= 0.6 is 15.9 Å². The second-order valence-corrected chi connectivity index (χ2v) is 5.77. The first-order valence-electron chi connectivity index (χ1n) is 6.01. The fraction of sp³-hybridized carbons (Fsp3) is 1.00. The molecule has 0 aromatic heterocycles. The van der Waals surface area contributed by atoms with E-state index in [1.54, 1.807) is 0 Å². The van der Waals surface area contributed by atoms with Gasteiger partial charge in [-0.1, -0.05) is 15.9 Å². The molecular formula is C11H21BrN2O. The van der Waals surface area contributed by atoms with Gasteiger partial charge in [-0.05, 0) is 25.9 Å². The molecule has 0 saturated carbocycles.